The highest BCUT2D eigenvalue weighted by Crippen LogP contribution is 2.25. The molecule has 2 aromatic rings. The molecule has 138 valence electrons. The normalized spacial score (nSPS) is 16.8. The number of nitrogens with zero attached hydrogens (tertiary/aromatic N) is 1. The zero-order valence-corrected chi connectivity index (χ0v) is 14.9. The Morgan fingerprint density at radius 1 is 1.38 bits per heavy atom. The zero-order valence-electron chi connectivity index (χ0n) is 14.9. The van der Waals surface area contributed by atoms with Gasteiger partial charge in [0.2, 0.25) is 11.8 Å². The van der Waals surface area contributed by atoms with Gasteiger partial charge in [0.05, 0.1) is 7.11 Å². The summed E-state index contributed by atoms with van der Waals surface area (Å²) in [5, 5.41) is 0.809. The topological polar surface area (TPSA) is 103 Å². The highest BCUT2D eigenvalue weighted by molar-refractivity contribution is 5.87. The van der Waals surface area contributed by atoms with Crippen molar-refractivity contribution in [3.8, 4) is 5.75 Å². The van der Waals surface area contributed by atoms with E-state index >= 15 is 0 Å². The van der Waals surface area contributed by atoms with Crippen LogP contribution in [0.25, 0.3) is 11.0 Å². The van der Waals surface area contributed by atoms with E-state index in [1.807, 2.05) is 13.0 Å². The van der Waals surface area contributed by atoms with Crippen molar-refractivity contribution in [1.82, 2.24) is 4.90 Å². The first-order valence-electron chi connectivity index (χ1n) is 8.61. The largest absolute Gasteiger partial charge is 0.497 e. The van der Waals surface area contributed by atoms with E-state index in [2.05, 4.69) is 0 Å². The fourth-order valence-electron chi connectivity index (χ4n) is 3.53. The molecule has 0 unspecified atom stereocenters. The Morgan fingerprint density at radius 3 is 2.85 bits per heavy atom. The molecule has 2 amide bonds. The lowest BCUT2D eigenvalue weighted by molar-refractivity contribution is -0.137. The predicted molar refractivity (Wildman–Crippen MR) is 96.0 cm³/mol. The van der Waals surface area contributed by atoms with E-state index < -0.39 is 17.6 Å². The maximum Gasteiger partial charge on any atom is 0.339 e. The Morgan fingerprint density at radius 2 is 2.15 bits per heavy atom. The molecule has 1 aliphatic heterocycles. The summed E-state index contributed by atoms with van der Waals surface area (Å²) in [6, 6.07) is 4.76. The van der Waals surface area contributed by atoms with Gasteiger partial charge >= 0.3 is 5.63 Å². The van der Waals surface area contributed by atoms with Gasteiger partial charge in [0, 0.05) is 30.0 Å². The van der Waals surface area contributed by atoms with E-state index in [1.165, 1.54) is 4.90 Å². The molecular formula is C19H22N2O5. The van der Waals surface area contributed by atoms with Crippen LogP contribution in [0, 0.1) is 6.92 Å². The summed E-state index contributed by atoms with van der Waals surface area (Å²) in [4.78, 5) is 37.8. The number of ether oxygens (including phenoxy) is 1. The smallest absolute Gasteiger partial charge is 0.339 e. The van der Waals surface area contributed by atoms with Gasteiger partial charge in [-0.3, -0.25) is 9.59 Å². The molecule has 1 aromatic carbocycles. The summed E-state index contributed by atoms with van der Waals surface area (Å²) in [5.41, 5.74) is 6.63. The summed E-state index contributed by atoms with van der Waals surface area (Å²) < 4.78 is 10.5. The molecule has 1 atom stereocenters. The van der Waals surface area contributed by atoms with Crippen LogP contribution in [0.1, 0.15) is 30.4 Å². The van der Waals surface area contributed by atoms with Crippen LogP contribution in [-0.2, 0) is 16.0 Å². The van der Waals surface area contributed by atoms with Gasteiger partial charge in [0.1, 0.15) is 17.4 Å². The molecule has 7 nitrogen and oxygen atoms in total. The number of fused-ring (bicyclic) bond motifs is 1. The van der Waals surface area contributed by atoms with Crippen LogP contribution < -0.4 is 16.1 Å². The SMILES string of the molecule is COc1ccc2c(C)c(CCC(=O)N3CCC[C@@H]3C(N)=O)c(=O)oc2c1. The third-order valence-electron chi connectivity index (χ3n) is 4.98. The van der Waals surface area contributed by atoms with Gasteiger partial charge in [-0.1, -0.05) is 0 Å². The quantitative estimate of drug-likeness (QED) is 0.816. The molecule has 0 aliphatic carbocycles. The Kier molecular flexibility index (Phi) is 4.97. The first kappa shape index (κ1) is 18.0. The number of benzene rings is 1. The van der Waals surface area contributed by atoms with Crippen molar-refractivity contribution >= 4 is 22.8 Å². The minimum absolute atomic E-state index is 0.136. The van der Waals surface area contributed by atoms with Crippen molar-refractivity contribution in [2.75, 3.05) is 13.7 Å². The van der Waals surface area contributed by atoms with Crippen LogP contribution in [0.15, 0.2) is 27.4 Å². The minimum atomic E-state index is -0.538. The summed E-state index contributed by atoms with van der Waals surface area (Å²) in [7, 11) is 1.55. The molecule has 0 radical (unpaired) electrons. The summed E-state index contributed by atoms with van der Waals surface area (Å²) in [6.45, 7) is 2.37. The maximum atomic E-state index is 12.5. The molecule has 26 heavy (non-hydrogen) atoms. The number of nitrogens with two attached hydrogens (primary N) is 1. The van der Waals surface area contributed by atoms with Crippen LogP contribution >= 0.6 is 0 Å². The highest BCUT2D eigenvalue weighted by Gasteiger charge is 2.32. The molecular weight excluding hydrogens is 336 g/mol. The van der Waals surface area contributed by atoms with Crippen LogP contribution in [0.3, 0.4) is 0 Å². The summed E-state index contributed by atoms with van der Waals surface area (Å²) in [6.07, 6.45) is 1.76. The number of rotatable bonds is 5. The first-order chi connectivity index (χ1) is 12.4. The predicted octanol–water partition coefficient (Wildman–Crippen LogP) is 1.52. The number of amides is 2. The minimum Gasteiger partial charge on any atom is -0.497 e. The number of hydrogen-bond acceptors (Lipinski definition) is 5. The van der Waals surface area contributed by atoms with Gasteiger partial charge < -0.3 is 19.8 Å². The average Bonchev–Trinajstić information content (AvgIpc) is 3.11. The van der Waals surface area contributed by atoms with Crippen molar-refractivity contribution < 1.29 is 18.7 Å². The second-order valence-electron chi connectivity index (χ2n) is 6.50. The standard InChI is InChI=1S/C19H22N2O5/c1-11-13-6-5-12(25-2)10-16(13)26-19(24)14(11)7-8-17(22)21-9-3-4-15(21)18(20)23/h5-6,10,15H,3-4,7-9H2,1-2H3,(H2,20,23)/t15-/m1/s1. The number of carbonyl (C=O) groups is 2. The Labute approximate surface area is 150 Å². The van der Waals surface area contributed by atoms with Gasteiger partial charge in [-0.25, -0.2) is 4.79 Å². The second kappa shape index (κ2) is 7.19. The van der Waals surface area contributed by atoms with Gasteiger partial charge in [-0.2, -0.15) is 0 Å². The fraction of sp³-hybridized carbons (Fsp3) is 0.421. The Balaban J connectivity index is 1.82. The van der Waals surface area contributed by atoms with E-state index in [1.54, 1.807) is 19.2 Å². The van der Waals surface area contributed by atoms with E-state index in [9.17, 15) is 14.4 Å². The molecule has 1 fully saturated rings. The fourth-order valence-corrected chi connectivity index (χ4v) is 3.53. The maximum absolute atomic E-state index is 12.5. The summed E-state index contributed by atoms with van der Waals surface area (Å²) in [5.74, 6) is -0.0411. The first-order valence-corrected chi connectivity index (χ1v) is 8.61. The van der Waals surface area contributed by atoms with Crippen LogP contribution in [-0.4, -0.2) is 36.4 Å². The highest BCUT2D eigenvalue weighted by atomic mass is 16.5. The van der Waals surface area contributed by atoms with E-state index in [-0.39, 0.29) is 18.7 Å². The molecule has 3 rings (SSSR count). The van der Waals surface area contributed by atoms with Crippen molar-refractivity contribution in [1.29, 1.82) is 0 Å². The van der Waals surface area contributed by atoms with Crippen molar-refractivity contribution in [3.63, 3.8) is 0 Å². The zero-order chi connectivity index (χ0) is 18.8. The number of methoxy groups -OCH3 is 1. The molecule has 2 heterocycles. The van der Waals surface area contributed by atoms with Gasteiger partial charge in [-0.15, -0.1) is 0 Å². The third-order valence-corrected chi connectivity index (χ3v) is 4.98. The number of hydrogen-bond donors (Lipinski definition) is 1. The number of likely N-dealkylation sites (tertiary alicyclic amines) is 1. The molecule has 1 aromatic heterocycles. The van der Waals surface area contributed by atoms with Gasteiger partial charge in [0.25, 0.3) is 0 Å². The van der Waals surface area contributed by atoms with Gasteiger partial charge in [-0.05, 0) is 43.9 Å². The number of primary amides is 1. The molecule has 0 saturated carbocycles. The monoisotopic (exact) mass is 358 g/mol. The number of carbonyl (C=O) groups excluding carboxylic acids is 2. The molecule has 0 spiro atoms. The molecule has 1 saturated heterocycles. The average molecular weight is 358 g/mol. The van der Waals surface area contributed by atoms with Crippen molar-refractivity contribution in [3.05, 3.63) is 39.7 Å². The van der Waals surface area contributed by atoms with E-state index in [0.29, 0.717) is 29.9 Å². The van der Waals surface area contributed by atoms with Crippen LogP contribution in [0.2, 0.25) is 0 Å². The lowest BCUT2D eigenvalue weighted by Crippen LogP contribution is -2.43. The van der Waals surface area contributed by atoms with Crippen LogP contribution in [0.4, 0.5) is 0 Å². The molecule has 2 N–H and O–H groups in total. The van der Waals surface area contributed by atoms with E-state index in [0.717, 1.165) is 17.4 Å². The molecule has 1 aliphatic rings. The Hall–Kier alpha value is -2.83. The second-order valence-corrected chi connectivity index (χ2v) is 6.50. The van der Waals surface area contributed by atoms with Gasteiger partial charge in [0.15, 0.2) is 0 Å². The lowest BCUT2D eigenvalue weighted by atomic mass is 10.0. The van der Waals surface area contributed by atoms with E-state index in [4.69, 9.17) is 14.9 Å². The van der Waals surface area contributed by atoms with Crippen molar-refractivity contribution in [2.45, 2.75) is 38.6 Å². The molecule has 0 bridgehead atoms. The third kappa shape index (κ3) is 3.29. The Bertz CT molecular complexity index is 918. The molecule has 7 heteroatoms. The lowest BCUT2D eigenvalue weighted by Gasteiger charge is -2.22. The number of aryl methyl sites for hydroxylation is 1. The van der Waals surface area contributed by atoms with Crippen LogP contribution in [0.5, 0.6) is 5.75 Å². The van der Waals surface area contributed by atoms with Crippen molar-refractivity contribution in [2.24, 2.45) is 5.73 Å². The summed E-state index contributed by atoms with van der Waals surface area (Å²) >= 11 is 0.